The molecule has 1 saturated carbocycles. The molecule has 1 N–H and O–H groups in total. The molecular weight excluding hydrogens is 282 g/mol. The van der Waals surface area contributed by atoms with Crippen molar-refractivity contribution in [2.75, 3.05) is 6.54 Å². The van der Waals surface area contributed by atoms with Crippen molar-refractivity contribution in [2.45, 2.75) is 82.3 Å². The summed E-state index contributed by atoms with van der Waals surface area (Å²) in [6.45, 7) is 10.6. The van der Waals surface area contributed by atoms with Gasteiger partial charge in [0.1, 0.15) is 0 Å². The van der Waals surface area contributed by atoms with Gasteiger partial charge in [-0.1, -0.05) is 37.9 Å². The molecule has 0 bridgehead atoms. The van der Waals surface area contributed by atoms with Crippen LogP contribution >= 0.6 is 11.8 Å². The molecule has 6 heteroatoms. The van der Waals surface area contributed by atoms with Crippen LogP contribution in [0.3, 0.4) is 0 Å². The van der Waals surface area contributed by atoms with Gasteiger partial charge in [0, 0.05) is 17.3 Å². The first-order valence-electron chi connectivity index (χ1n) is 8.17. The zero-order chi connectivity index (χ0) is 15.3. The molecule has 1 fully saturated rings. The average Bonchev–Trinajstić information content (AvgIpc) is 2.85. The van der Waals surface area contributed by atoms with Gasteiger partial charge >= 0.3 is 0 Å². The van der Waals surface area contributed by atoms with Gasteiger partial charge in [-0.2, -0.15) is 0 Å². The molecule has 1 aromatic heterocycles. The second-order valence-electron chi connectivity index (χ2n) is 6.97. The van der Waals surface area contributed by atoms with E-state index in [-0.39, 0.29) is 5.54 Å². The van der Waals surface area contributed by atoms with Gasteiger partial charge in [0.2, 0.25) is 5.16 Å². The maximum atomic E-state index is 4.23. The molecule has 1 aromatic rings. The Morgan fingerprint density at radius 1 is 1.29 bits per heavy atom. The zero-order valence-electron chi connectivity index (χ0n) is 13.8. The number of hydrogen-bond donors (Lipinski definition) is 1. The van der Waals surface area contributed by atoms with Gasteiger partial charge in [0.05, 0.1) is 6.54 Å². The van der Waals surface area contributed by atoms with E-state index in [4.69, 9.17) is 0 Å². The third-order valence-electron chi connectivity index (χ3n) is 4.10. The van der Waals surface area contributed by atoms with E-state index in [1.165, 1.54) is 32.1 Å². The second-order valence-corrected chi connectivity index (χ2v) is 8.18. The van der Waals surface area contributed by atoms with Crippen LogP contribution in [-0.2, 0) is 6.54 Å². The van der Waals surface area contributed by atoms with Crippen LogP contribution in [0.25, 0.3) is 0 Å². The van der Waals surface area contributed by atoms with Crippen LogP contribution in [0.1, 0.15) is 59.8 Å². The Hall–Kier alpha value is -0.620. The van der Waals surface area contributed by atoms with Crippen molar-refractivity contribution >= 4 is 11.8 Å². The highest BCUT2D eigenvalue weighted by Gasteiger charge is 2.26. The van der Waals surface area contributed by atoms with Gasteiger partial charge in [-0.25, -0.2) is 4.68 Å². The summed E-state index contributed by atoms with van der Waals surface area (Å²) in [6, 6.07) is 0. The molecule has 1 aliphatic rings. The molecule has 5 nitrogen and oxygen atoms in total. The fraction of sp³-hybridized carbons (Fsp3) is 0.933. The van der Waals surface area contributed by atoms with Gasteiger partial charge in [-0.3, -0.25) is 0 Å². The van der Waals surface area contributed by atoms with Crippen molar-refractivity contribution in [3.63, 3.8) is 0 Å². The van der Waals surface area contributed by atoms with Gasteiger partial charge in [0.25, 0.3) is 0 Å². The van der Waals surface area contributed by atoms with Crippen LogP contribution in [0.4, 0.5) is 0 Å². The Bertz CT molecular complexity index is 426. The van der Waals surface area contributed by atoms with Crippen molar-refractivity contribution in [3.8, 4) is 0 Å². The number of nitrogens with zero attached hydrogens (tertiary/aromatic N) is 4. The minimum Gasteiger partial charge on any atom is -0.310 e. The lowest BCUT2D eigenvalue weighted by molar-refractivity contribution is 0.359. The predicted octanol–water partition coefficient (Wildman–Crippen LogP) is 3.12. The van der Waals surface area contributed by atoms with E-state index in [0.29, 0.717) is 5.25 Å². The molecule has 2 rings (SSSR count). The molecule has 0 aliphatic heterocycles. The summed E-state index contributed by atoms with van der Waals surface area (Å²) >= 11 is 1.89. The zero-order valence-corrected chi connectivity index (χ0v) is 14.6. The highest BCUT2D eigenvalue weighted by atomic mass is 32.2. The minimum atomic E-state index is 0.137. The van der Waals surface area contributed by atoms with E-state index >= 15 is 0 Å². The fourth-order valence-electron chi connectivity index (χ4n) is 2.89. The molecule has 1 aliphatic carbocycles. The molecule has 0 amide bonds. The van der Waals surface area contributed by atoms with E-state index in [1.54, 1.807) is 0 Å². The number of thioether (sulfide) groups is 1. The van der Waals surface area contributed by atoms with Gasteiger partial charge in [0.15, 0.2) is 0 Å². The predicted molar refractivity (Wildman–Crippen MR) is 87.5 cm³/mol. The maximum Gasteiger partial charge on any atom is 0.209 e. The number of aromatic nitrogens is 4. The summed E-state index contributed by atoms with van der Waals surface area (Å²) in [5, 5.41) is 17.4. The molecular formula is C15H29N5S. The van der Waals surface area contributed by atoms with E-state index in [0.717, 1.165) is 24.2 Å². The summed E-state index contributed by atoms with van der Waals surface area (Å²) < 4.78 is 1.95. The summed E-state index contributed by atoms with van der Waals surface area (Å²) in [5.74, 6) is 0.821. The van der Waals surface area contributed by atoms with Crippen molar-refractivity contribution in [3.05, 3.63) is 0 Å². The first-order chi connectivity index (χ1) is 9.99. The standard InChI is InChI=1S/C15H29N5S/c1-5-12-8-6-7-9-13(12)21-14-17-18-19-20(14)11-10-16-15(2,3)4/h12-13,16H,5-11H2,1-4H3. The molecule has 0 saturated heterocycles. The Morgan fingerprint density at radius 3 is 2.76 bits per heavy atom. The van der Waals surface area contributed by atoms with Crippen LogP contribution in [0.5, 0.6) is 0 Å². The normalized spacial score (nSPS) is 23.4. The Labute approximate surface area is 132 Å². The highest BCUT2D eigenvalue weighted by molar-refractivity contribution is 7.99. The molecule has 2 atom stereocenters. The summed E-state index contributed by atoms with van der Waals surface area (Å²) in [6.07, 6.45) is 6.67. The van der Waals surface area contributed by atoms with Crippen molar-refractivity contribution in [1.82, 2.24) is 25.5 Å². The highest BCUT2D eigenvalue weighted by Crippen LogP contribution is 2.37. The molecule has 1 heterocycles. The van der Waals surface area contributed by atoms with Crippen LogP contribution in [0.15, 0.2) is 5.16 Å². The van der Waals surface area contributed by atoms with E-state index < -0.39 is 0 Å². The van der Waals surface area contributed by atoms with Crippen molar-refractivity contribution in [2.24, 2.45) is 5.92 Å². The lowest BCUT2D eigenvalue weighted by Crippen LogP contribution is -2.38. The molecule has 2 unspecified atom stereocenters. The summed E-state index contributed by atoms with van der Waals surface area (Å²) in [5.41, 5.74) is 0.137. The van der Waals surface area contributed by atoms with Gasteiger partial charge in [-0.05, 0) is 50.0 Å². The van der Waals surface area contributed by atoms with Crippen molar-refractivity contribution in [1.29, 1.82) is 0 Å². The van der Waals surface area contributed by atoms with Crippen molar-refractivity contribution < 1.29 is 0 Å². The first kappa shape index (κ1) is 16.7. The van der Waals surface area contributed by atoms with E-state index in [2.05, 4.69) is 48.5 Å². The number of hydrogen-bond acceptors (Lipinski definition) is 5. The molecule has 0 radical (unpaired) electrons. The number of tetrazole rings is 1. The third kappa shape index (κ3) is 5.25. The minimum absolute atomic E-state index is 0.137. The van der Waals surface area contributed by atoms with Crippen LogP contribution in [-0.4, -0.2) is 37.5 Å². The first-order valence-corrected chi connectivity index (χ1v) is 9.05. The fourth-order valence-corrected chi connectivity index (χ4v) is 4.30. The smallest absolute Gasteiger partial charge is 0.209 e. The van der Waals surface area contributed by atoms with E-state index in [1.807, 2.05) is 16.4 Å². The lowest BCUT2D eigenvalue weighted by Gasteiger charge is -2.29. The van der Waals surface area contributed by atoms with Gasteiger partial charge < -0.3 is 5.32 Å². The van der Waals surface area contributed by atoms with Crippen LogP contribution in [0, 0.1) is 5.92 Å². The maximum absolute atomic E-state index is 4.23. The molecule has 120 valence electrons. The Kier molecular flexibility index (Phi) is 6.05. The number of nitrogens with one attached hydrogen (secondary N) is 1. The quantitative estimate of drug-likeness (QED) is 0.875. The molecule has 0 aromatic carbocycles. The SMILES string of the molecule is CCC1CCCCC1Sc1nnnn1CCNC(C)(C)C. The topological polar surface area (TPSA) is 55.6 Å². The molecule has 21 heavy (non-hydrogen) atoms. The Balaban J connectivity index is 1.90. The summed E-state index contributed by atoms with van der Waals surface area (Å²) in [4.78, 5) is 0. The van der Waals surface area contributed by atoms with Crippen LogP contribution in [0.2, 0.25) is 0 Å². The number of rotatable bonds is 6. The van der Waals surface area contributed by atoms with Crippen LogP contribution < -0.4 is 5.32 Å². The average molecular weight is 311 g/mol. The largest absolute Gasteiger partial charge is 0.310 e. The lowest BCUT2D eigenvalue weighted by atomic mass is 9.87. The monoisotopic (exact) mass is 311 g/mol. The third-order valence-corrected chi connectivity index (χ3v) is 5.53. The van der Waals surface area contributed by atoms with E-state index in [9.17, 15) is 0 Å². The summed E-state index contributed by atoms with van der Waals surface area (Å²) in [7, 11) is 0. The second kappa shape index (κ2) is 7.58. The molecule has 0 spiro atoms. The van der Waals surface area contributed by atoms with Gasteiger partial charge in [-0.15, -0.1) is 5.10 Å². The Morgan fingerprint density at radius 2 is 2.05 bits per heavy atom.